The van der Waals surface area contributed by atoms with Crippen molar-refractivity contribution >= 4 is 23.9 Å². The van der Waals surface area contributed by atoms with Crippen LogP contribution in [0.25, 0.3) is 0 Å². The largest absolute Gasteiger partial charge is 0.181 e. The molecule has 0 amide bonds. The SMILES string of the molecule is Cc1cccc2c1SN(Cc1ccccc1)S2. The van der Waals surface area contributed by atoms with E-state index in [1.165, 1.54) is 20.9 Å². The Labute approximate surface area is 110 Å². The topological polar surface area (TPSA) is 3.24 Å². The van der Waals surface area contributed by atoms with Gasteiger partial charge in [-0.05, 0) is 48.0 Å². The molecule has 1 heterocycles. The average Bonchev–Trinajstić information content (AvgIpc) is 2.74. The van der Waals surface area contributed by atoms with Crippen molar-refractivity contribution in [3.63, 3.8) is 0 Å². The first-order chi connectivity index (χ1) is 8.33. The minimum absolute atomic E-state index is 0.976. The summed E-state index contributed by atoms with van der Waals surface area (Å²) in [4.78, 5) is 2.79. The summed E-state index contributed by atoms with van der Waals surface area (Å²) in [5.74, 6) is 0. The number of nitrogens with zero attached hydrogens (tertiary/aromatic N) is 1. The molecule has 0 unspecified atom stereocenters. The van der Waals surface area contributed by atoms with Gasteiger partial charge in [-0.15, -0.1) is 0 Å². The molecule has 0 atom stereocenters. The van der Waals surface area contributed by atoms with Crippen molar-refractivity contribution in [1.82, 2.24) is 3.71 Å². The first-order valence-electron chi connectivity index (χ1n) is 5.60. The number of benzene rings is 2. The summed E-state index contributed by atoms with van der Waals surface area (Å²) in [5.41, 5.74) is 2.73. The quantitative estimate of drug-likeness (QED) is 0.730. The normalized spacial score (nSPS) is 14.9. The van der Waals surface area contributed by atoms with Crippen molar-refractivity contribution in [1.29, 1.82) is 0 Å². The molecule has 0 spiro atoms. The summed E-state index contributed by atoms with van der Waals surface area (Å²) in [6.07, 6.45) is 0. The fourth-order valence-electron chi connectivity index (χ4n) is 1.84. The molecule has 2 aromatic carbocycles. The summed E-state index contributed by atoms with van der Waals surface area (Å²) in [6.45, 7) is 3.16. The van der Waals surface area contributed by atoms with Gasteiger partial charge >= 0.3 is 0 Å². The van der Waals surface area contributed by atoms with E-state index >= 15 is 0 Å². The lowest BCUT2D eigenvalue weighted by Crippen LogP contribution is -2.01. The molecule has 2 aromatic rings. The van der Waals surface area contributed by atoms with Crippen molar-refractivity contribution in [2.75, 3.05) is 0 Å². The minimum atomic E-state index is 0.976. The van der Waals surface area contributed by atoms with E-state index in [0.29, 0.717) is 0 Å². The van der Waals surface area contributed by atoms with E-state index in [1.807, 2.05) is 23.9 Å². The van der Waals surface area contributed by atoms with Crippen LogP contribution in [-0.2, 0) is 6.54 Å². The third-order valence-electron chi connectivity index (χ3n) is 2.72. The summed E-state index contributed by atoms with van der Waals surface area (Å²) in [6, 6.07) is 17.1. The zero-order valence-corrected chi connectivity index (χ0v) is 11.2. The smallest absolute Gasteiger partial charge is 0.0460 e. The van der Waals surface area contributed by atoms with E-state index < -0.39 is 0 Å². The van der Waals surface area contributed by atoms with Crippen molar-refractivity contribution in [3.8, 4) is 0 Å². The van der Waals surface area contributed by atoms with Crippen molar-refractivity contribution in [2.45, 2.75) is 23.3 Å². The molecule has 0 aromatic heterocycles. The number of aryl methyl sites for hydroxylation is 1. The summed E-state index contributed by atoms with van der Waals surface area (Å²) >= 11 is 3.70. The maximum atomic E-state index is 2.34. The average molecular weight is 259 g/mol. The van der Waals surface area contributed by atoms with Crippen LogP contribution in [-0.4, -0.2) is 3.71 Å². The van der Waals surface area contributed by atoms with E-state index in [2.05, 4.69) is 59.2 Å². The lowest BCUT2D eigenvalue weighted by molar-refractivity contribution is 0.748. The highest BCUT2D eigenvalue weighted by Gasteiger charge is 2.22. The molecule has 0 N–H and O–H groups in total. The summed E-state index contributed by atoms with van der Waals surface area (Å²) in [7, 11) is 0. The minimum Gasteiger partial charge on any atom is -0.181 e. The Morgan fingerprint density at radius 2 is 1.76 bits per heavy atom. The molecule has 1 nitrogen and oxygen atoms in total. The Balaban J connectivity index is 1.77. The van der Waals surface area contributed by atoms with Gasteiger partial charge < -0.3 is 0 Å². The van der Waals surface area contributed by atoms with Gasteiger partial charge in [-0.2, -0.15) is 3.71 Å². The molecular weight excluding hydrogens is 246 g/mol. The Hall–Kier alpha value is -0.900. The van der Waals surface area contributed by atoms with Crippen molar-refractivity contribution in [2.24, 2.45) is 0 Å². The van der Waals surface area contributed by atoms with E-state index in [1.54, 1.807) is 0 Å². The highest BCUT2D eigenvalue weighted by atomic mass is 32.2. The molecule has 0 bridgehead atoms. The van der Waals surface area contributed by atoms with Crippen LogP contribution in [0.15, 0.2) is 58.3 Å². The van der Waals surface area contributed by atoms with Crippen LogP contribution in [0.4, 0.5) is 0 Å². The first-order valence-corrected chi connectivity index (χ1v) is 7.14. The Bertz CT molecular complexity index is 525. The maximum absolute atomic E-state index is 2.34. The van der Waals surface area contributed by atoms with Crippen LogP contribution in [0.1, 0.15) is 11.1 Å². The second kappa shape index (κ2) is 4.77. The van der Waals surface area contributed by atoms with Gasteiger partial charge in [0, 0.05) is 16.3 Å². The second-order valence-electron chi connectivity index (χ2n) is 4.06. The van der Waals surface area contributed by atoms with E-state index in [9.17, 15) is 0 Å². The Kier molecular flexibility index (Phi) is 3.14. The second-order valence-corrected chi connectivity index (χ2v) is 6.39. The number of hydrogen-bond donors (Lipinski definition) is 0. The molecule has 3 heteroatoms. The molecule has 17 heavy (non-hydrogen) atoms. The van der Waals surface area contributed by atoms with Crippen molar-refractivity contribution < 1.29 is 0 Å². The zero-order chi connectivity index (χ0) is 11.7. The predicted octanol–water partition coefficient (Wildman–Crippen LogP) is 4.53. The zero-order valence-electron chi connectivity index (χ0n) is 9.59. The van der Waals surface area contributed by atoms with E-state index in [-0.39, 0.29) is 0 Å². The monoisotopic (exact) mass is 259 g/mol. The highest BCUT2D eigenvalue weighted by molar-refractivity contribution is 8.14. The molecular formula is C14H13NS2. The lowest BCUT2D eigenvalue weighted by atomic mass is 10.2. The molecule has 0 saturated heterocycles. The van der Waals surface area contributed by atoms with Gasteiger partial charge in [0.2, 0.25) is 0 Å². The third kappa shape index (κ3) is 2.37. The van der Waals surface area contributed by atoms with Gasteiger partial charge in [0.1, 0.15) is 0 Å². The van der Waals surface area contributed by atoms with Gasteiger partial charge in [-0.1, -0.05) is 42.5 Å². The van der Waals surface area contributed by atoms with Crippen LogP contribution in [0, 0.1) is 6.92 Å². The summed E-state index contributed by atoms with van der Waals surface area (Å²) < 4.78 is 2.34. The number of rotatable bonds is 2. The predicted molar refractivity (Wildman–Crippen MR) is 74.9 cm³/mol. The molecule has 0 saturated carbocycles. The van der Waals surface area contributed by atoms with Crippen LogP contribution in [0.2, 0.25) is 0 Å². The third-order valence-corrected chi connectivity index (χ3v) is 5.23. The van der Waals surface area contributed by atoms with Crippen LogP contribution >= 0.6 is 23.9 Å². The number of hydrogen-bond acceptors (Lipinski definition) is 3. The van der Waals surface area contributed by atoms with Gasteiger partial charge in [0.25, 0.3) is 0 Å². The lowest BCUT2D eigenvalue weighted by Gasteiger charge is -2.11. The molecule has 86 valence electrons. The summed E-state index contributed by atoms with van der Waals surface area (Å²) in [5, 5.41) is 0. The van der Waals surface area contributed by atoms with Gasteiger partial charge in [-0.3, -0.25) is 0 Å². The van der Waals surface area contributed by atoms with Crippen LogP contribution in [0.5, 0.6) is 0 Å². The van der Waals surface area contributed by atoms with Crippen molar-refractivity contribution in [3.05, 3.63) is 59.7 Å². The number of fused-ring (bicyclic) bond motifs is 1. The molecule has 0 aliphatic carbocycles. The van der Waals surface area contributed by atoms with Crippen LogP contribution in [0.3, 0.4) is 0 Å². The van der Waals surface area contributed by atoms with E-state index in [0.717, 1.165) is 6.54 Å². The molecule has 3 rings (SSSR count). The first kappa shape index (κ1) is 11.2. The van der Waals surface area contributed by atoms with Gasteiger partial charge in [-0.25, -0.2) is 0 Å². The molecule has 0 radical (unpaired) electrons. The van der Waals surface area contributed by atoms with Crippen LogP contribution < -0.4 is 0 Å². The molecule has 1 aliphatic heterocycles. The van der Waals surface area contributed by atoms with Gasteiger partial charge in [0.05, 0.1) is 0 Å². The Morgan fingerprint density at radius 3 is 2.53 bits per heavy atom. The fourth-order valence-corrected chi connectivity index (χ4v) is 4.28. The standard InChI is InChI=1S/C14H13NS2/c1-11-6-5-9-13-14(11)17-15(16-13)10-12-7-3-2-4-8-12/h2-9H,10H2,1H3. The molecule has 0 fully saturated rings. The highest BCUT2D eigenvalue weighted by Crippen LogP contribution is 2.48. The van der Waals surface area contributed by atoms with Gasteiger partial charge in [0.15, 0.2) is 0 Å². The maximum Gasteiger partial charge on any atom is 0.0460 e. The molecule has 1 aliphatic rings. The Morgan fingerprint density at radius 1 is 0.941 bits per heavy atom. The fraction of sp³-hybridized carbons (Fsp3) is 0.143. The van der Waals surface area contributed by atoms with E-state index in [4.69, 9.17) is 0 Å².